The number of halogens is 1. The SMILES string of the molecule is CCC(CC)C(CNC(=O)Nc1ccc(F)cc1C#N)N1CCOCC1. The molecule has 2 amide bonds. The minimum atomic E-state index is -0.506. The molecule has 2 rings (SSSR count). The molecule has 1 unspecified atom stereocenters. The Kier molecular flexibility index (Phi) is 7.82. The Hall–Kier alpha value is -2.17. The summed E-state index contributed by atoms with van der Waals surface area (Å²) in [6.45, 7) is 8.00. The van der Waals surface area contributed by atoms with Crippen molar-refractivity contribution in [1.82, 2.24) is 10.2 Å². The van der Waals surface area contributed by atoms with Crippen LogP contribution >= 0.6 is 0 Å². The second-order valence-corrected chi connectivity index (χ2v) is 6.43. The van der Waals surface area contributed by atoms with Crippen molar-refractivity contribution in [2.45, 2.75) is 32.7 Å². The Morgan fingerprint density at radius 2 is 2.04 bits per heavy atom. The number of carbonyl (C=O) groups excluding carboxylic acids is 1. The van der Waals surface area contributed by atoms with Crippen LogP contribution in [-0.2, 0) is 4.74 Å². The number of ether oxygens (including phenoxy) is 1. The third kappa shape index (κ3) is 5.41. The number of benzene rings is 1. The van der Waals surface area contributed by atoms with E-state index < -0.39 is 11.8 Å². The highest BCUT2D eigenvalue weighted by Crippen LogP contribution is 2.20. The lowest BCUT2D eigenvalue weighted by Crippen LogP contribution is -2.52. The maximum atomic E-state index is 13.2. The van der Waals surface area contributed by atoms with E-state index in [4.69, 9.17) is 10.00 Å². The molecule has 0 aromatic heterocycles. The number of anilines is 1. The van der Waals surface area contributed by atoms with E-state index in [1.165, 1.54) is 12.1 Å². The molecule has 2 N–H and O–H groups in total. The van der Waals surface area contributed by atoms with Gasteiger partial charge in [-0.15, -0.1) is 0 Å². The van der Waals surface area contributed by atoms with E-state index in [1.54, 1.807) is 0 Å². The number of hydrogen-bond acceptors (Lipinski definition) is 4. The third-order valence-corrected chi connectivity index (χ3v) is 4.93. The molecule has 1 fully saturated rings. The molecule has 26 heavy (non-hydrogen) atoms. The summed E-state index contributed by atoms with van der Waals surface area (Å²) in [6, 6.07) is 5.46. The van der Waals surface area contributed by atoms with Gasteiger partial charge in [-0.1, -0.05) is 26.7 Å². The molecule has 0 saturated carbocycles. The molecular formula is C19H27FN4O2. The zero-order valence-electron chi connectivity index (χ0n) is 15.4. The van der Waals surface area contributed by atoms with E-state index in [2.05, 4.69) is 29.4 Å². The van der Waals surface area contributed by atoms with Crippen LogP contribution in [0.5, 0.6) is 0 Å². The summed E-state index contributed by atoms with van der Waals surface area (Å²) in [4.78, 5) is 14.7. The summed E-state index contributed by atoms with van der Waals surface area (Å²) in [5, 5.41) is 14.6. The van der Waals surface area contributed by atoms with Crippen LogP contribution in [0.25, 0.3) is 0 Å². The highest BCUT2D eigenvalue weighted by molar-refractivity contribution is 5.90. The van der Waals surface area contributed by atoms with E-state index in [1.807, 2.05) is 6.07 Å². The van der Waals surface area contributed by atoms with Gasteiger partial charge in [0.1, 0.15) is 11.9 Å². The normalized spacial score (nSPS) is 16.1. The third-order valence-electron chi connectivity index (χ3n) is 4.93. The molecule has 1 saturated heterocycles. The van der Waals surface area contributed by atoms with Crippen molar-refractivity contribution in [2.24, 2.45) is 5.92 Å². The van der Waals surface area contributed by atoms with Crippen molar-refractivity contribution in [3.05, 3.63) is 29.6 Å². The minimum absolute atomic E-state index is 0.102. The van der Waals surface area contributed by atoms with Gasteiger partial charge >= 0.3 is 6.03 Å². The molecule has 0 aliphatic carbocycles. The van der Waals surface area contributed by atoms with Crippen molar-refractivity contribution >= 4 is 11.7 Å². The van der Waals surface area contributed by atoms with E-state index in [0.717, 1.165) is 32.0 Å². The molecule has 1 heterocycles. The topological polar surface area (TPSA) is 77.4 Å². The maximum absolute atomic E-state index is 13.2. The number of morpholine rings is 1. The van der Waals surface area contributed by atoms with Gasteiger partial charge in [-0.3, -0.25) is 4.90 Å². The van der Waals surface area contributed by atoms with Crippen molar-refractivity contribution in [3.63, 3.8) is 0 Å². The standard InChI is InChI=1S/C19H27FN4O2/c1-3-14(4-2)18(24-7-9-26-10-8-24)13-22-19(25)23-17-6-5-16(20)11-15(17)12-21/h5-6,11,14,18H,3-4,7-10,13H2,1-2H3,(H2,22,23,25). The number of urea groups is 1. The molecule has 1 aliphatic rings. The molecule has 7 heteroatoms. The molecule has 6 nitrogen and oxygen atoms in total. The van der Waals surface area contributed by atoms with Gasteiger partial charge in [0.25, 0.3) is 0 Å². The van der Waals surface area contributed by atoms with Gasteiger partial charge in [0.15, 0.2) is 0 Å². The first-order chi connectivity index (χ1) is 12.6. The number of hydrogen-bond donors (Lipinski definition) is 2. The molecule has 1 atom stereocenters. The van der Waals surface area contributed by atoms with Crippen molar-refractivity contribution in [3.8, 4) is 6.07 Å². The van der Waals surface area contributed by atoms with Crippen LogP contribution in [0.1, 0.15) is 32.3 Å². The summed E-state index contributed by atoms with van der Waals surface area (Å²) in [6.07, 6.45) is 2.08. The molecule has 1 aromatic rings. The van der Waals surface area contributed by atoms with Gasteiger partial charge in [-0.2, -0.15) is 5.26 Å². The van der Waals surface area contributed by atoms with Gasteiger partial charge in [-0.25, -0.2) is 9.18 Å². The Morgan fingerprint density at radius 1 is 1.35 bits per heavy atom. The highest BCUT2D eigenvalue weighted by atomic mass is 19.1. The zero-order valence-corrected chi connectivity index (χ0v) is 15.4. The van der Waals surface area contributed by atoms with Crippen molar-refractivity contribution in [2.75, 3.05) is 38.2 Å². The average Bonchev–Trinajstić information content (AvgIpc) is 2.67. The number of carbonyl (C=O) groups is 1. The summed E-state index contributed by atoms with van der Waals surface area (Å²) in [5.41, 5.74) is 0.404. The van der Waals surface area contributed by atoms with Crippen LogP contribution in [0.3, 0.4) is 0 Å². The van der Waals surface area contributed by atoms with Gasteiger partial charge in [-0.05, 0) is 24.1 Å². The summed E-state index contributed by atoms with van der Waals surface area (Å²) >= 11 is 0. The lowest BCUT2D eigenvalue weighted by atomic mass is 9.92. The van der Waals surface area contributed by atoms with Gasteiger partial charge in [0.2, 0.25) is 0 Å². The van der Waals surface area contributed by atoms with Crippen molar-refractivity contribution in [1.29, 1.82) is 5.26 Å². The molecule has 0 radical (unpaired) electrons. The maximum Gasteiger partial charge on any atom is 0.319 e. The molecular weight excluding hydrogens is 335 g/mol. The first-order valence-electron chi connectivity index (χ1n) is 9.15. The summed E-state index contributed by atoms with van der Waals surface area (Å²) < 4.78 is 18.6. The van der Waals surface area contributed by atoms with Crippen LogP contribution in [-0.4, -0.2) is 49.8 Å². The fraction of sp³-hybridized carbons (Fsp3) is 0.579. The quantitative estimate of drug-likeness (QED) is 0.782. The predicted octanol–water partition coefficient (Wildman–Crippen LogP) is 2.96. The van der Waals surface area contributed by atoms with Crippen molar-refractivity contribution < 1.29 is 13.9 Å². The van der Waals surface area contributed by atoms with Crippen LogP contribution in [0.2, 0.25) is 0 Å². The summed E-state index contributed by atoms with van der Waals surface area (Å²) in [7, 11) is 0. The Morgan fingerprint density at radius 3 is 2.65 bits per heavy atom. The molecule has 0 bridgehead atoms. The second-order valence-electron chi connectivity index (χ2n) is 6.43. The predicted molar refractivity (Wildman–Crippen MR) is 98.4 cm³/mol. The van der Waals surface area contributed by atoms with E-state index >= 15 is 0 Å². The molecule has 1 aromatic carbocycles. The fourth-order valence-corrected chi connectivity index (χ4v) is 3.42. The number of rotatable bonds is 7. The number of nitrogens with zero attached hydrogens (tertiary/aromatic N) is 2. The van der Waals surface area contributed by atoms with Gasteiger partial charge in [0, 0.05) is 25.7 Å². The minimum Gasteiger partial charge on any atom is -0.379 e. The van der Waals surface area contributed by atoms with E-state index in [-0.39, 0.29) is 11.6 Å². The average molecular weight is 362 g/mol. The molecule has 142 valence electrons. The monoisotopic (exact) mass is 362 g/mol. The molecule has 0 spiro atoms. The number of nitriles is 1. The second kappa shape index (κ2) is 10.1. The van der Waals surface area contributed by atoms with Gasteiger partial charge < -0.3 is 15.4 Å². The number of amides is 2. The van der Waals surface area contributed by atoms with Crippen LogP contribution in [0.4, 0.5) is 14.9 Å². The largest absolute Gasteiger partial charge is 0.379 e. The lowest BCUT2D eigenvalue weighted by Gasteiger charge is -2.38. The van der Waals surface area contributed by atoms with E-state index in [9.17, 15) is 9.18 Å². The lowest BCUT2D eigenvalue weighted by molar-refractivity contribution is 0.00247. The van der Waals surface area contributed by atoms with Gasteiger partial charge in [0.05, 0.1) is 24.5 Å². The molecule has 1 aliphatic heterocycles. The first-order valence-corrected chi connectivity index (χ1v) is 9.15. The fourth-order valence-electron chi connectivity index (χ4n) is 3.42. The van der Waals surface area contributed by atoms with Crippen LogP contribution in [0, 0.1) is 23.1 Å². The number of nitrogens with one attached hydrogen (secondary N) is 2. The van der Waals surface area contributed by atoms with Crippen LogP contribution < -0.4 is 10.6 Å². The Balaban J connectivity index is 1.99. The summed E-state index contributed by atoms with van der Waals surface area (Å²) in [5.74, 6) is -0.0255. The van der Waals surface area contributed by atoms with E-state index in [0.29, 0.717) is 31.4 Å². The smallest absolute Gasteiger partial charge is 0.319 e. The first kappa shape index (κ1) is 20.1. The van der Waals surface area contributed by atoms with Crippen LogP contribution in [0.15, 0.2) is 18.2 Å². The zero-order chi connectivity index (χ0) is 18.9. The Bertz CT molecular complexity index is 637. The Labute approximate surface area is 154 Å². The highest BCUT2D eigenvalue weighted by Gasteiger charge is 2.27.